The smallest absolute Gasteiger partial charge is 0.126 e. The minimum absolute atomic E-state index is 0.0318. The predicted octanol–water partition coefficient (Wildman–Crippen LogP) is 2.93. The Labute approximate surface area is 132 Å². The molecule has 0 bridgehead atoms. The normalized spacial score (nSPS) is 12.6. The second-order valence-electron chi connectivity index (χ2n) is 4.73. The van der Waals surface area contributed by atoms with Gasteiger partial charge in [0, 0.05) is 7.11 Å². The van der Waals surface area contributed by atoms with Crippen LogP contribution in [0.25, 0.3) is 0 Å². The summed E-state index contributed by atoms with van der Waals surface area (Å²) in [4.78, 5) is 0. The first-order valence-electron chi connectivity index (χ1n) is 6.78. The monoisotopic (exact) mass is 355 g/mol. The number of benzene rings is 1. The third-order valence-corrected chi connectivity index (χ3v) is 4.01. The Morgan fingerprint density at radius 3 is 2.86 bits per heavy atom. The van der Waals surface area contributed by atoms with E-state index in [1.165, 1.54) is 6.07 Å². The van der Waals surface area contributed by atoms with Crippen molar-refractivity contribution in [1.82, 2.24) is 15.1 Å². The number of methoxy groups -OCH3 is 1. The molecule has 1 atom stereocenters. The lowest BCUT2D eigenvalue weighted by Crippen LogP contribution is -2.24. The Bertz CT molecular complexity index is 588. The summed E-state index contributed by atoms with van der Waals surface area (Å²) in [7, 11) is 3.53. The van der Waals surface area contributed by atoms with E-state index in [9.17, 15) is 4.39 Å². The fraction of sp³-hybridized carbons (Fsp3) is 0.400. The van der Waals surface area contributed by atoms with Crippen molar-refractivity contribution >= 4 is 15.9 Å². The lowest BCUT2D eigenvalue weighted by molar-refractivity contribution is 0.181. The summed E-state index contributed by atoms with van der Waals surface area (Å²) in [6.07, 6.45) is 2.32. The van der Waals surface area contributed by atoms with Crippen molar-refractivity contribution in [2.45, 2.75) is 19.0 Å². The summed E-state index contributed by atoms with van der Waals surface area (Å²) in [6.45, 7) is 1.24. The Kier molecular flexibility index (Phi) is 5.90. The van der Waals surface area contributed by atoms with Crippen molar-refractivity contribution in [2.24, 2.45) is 0 Å². The molecule has 0 amide bonds. The summed E-state index contributed by atoms with van der Waals surface area (Å²) in [6, 6.07) is 6.81. The molecule has 1 heterocycles. The van der Waals surface area contributed by atoms with Gasteiger partial charge in [-0.2, -0.15) is 5.10 Å². The average molecular weight is 356 g/mol. The van der Waals surface area contributed by atoms with Crippen LogP contribution in [0.2, 0.25) is 0 Å². The topological polar surface area (TPSA) is 39.1 Å². The number of hydrogen-bond acceptors (Lipinski definition) is 3. The van der Waals surface area contributed by atoms with Crippen LogP contribution in [-0.4, -0.2) is 30.5 Å². The number of halogens is 2. The van der Waals surface area contributed by atoms with Gasteiger partial charge in [0.25, 0.3) is 0 Å². The lowest BCUT2D eigenvalue weighted by Gasteiger charge is -2.19. The average Bonchev–Trinajstić information content (AvgIpc) is 2.85. The molecule has 21 heavy (non-hydrogen) atoms. The van der Waals surface area contributed by atoms with Gasteiger partial charge in [-0.15, -0.1) is 0 Å². The number of rotatable bonds is 7. The molecule has 0 fully saturated rings. The maximum absolute atomic E-state index is 13.8. The molecular weight excluding hydrogens is 337 g/mol. The molecule has 0 aliphatic heterocycles. The van der Waals surface area contributed by atoms with E-state index in [4.69, 9.17) is 4.74 Å². The lowest BCUT2D eigenvalue weighted by atomic mass is 10.0. The molecule has 1 aromatic carbocycles. The van der Waals surface area contributed by atoms with Gasteiger partial charge in [0.2, 0.25) is 0 Å². The van der Waals surface area contributed by atoms with E-state index in [-0.39, 0.29) is 11.9 Å². The van der Waals surface area contributed by atoms with Gasteiger partial charge in [-0.25, -0.2) is 4.39 Å². The van der Waals surface area contributed by atoms with Gasteiger partial charge >= 0.3 is 0 Å². The van der Waals surface area contributed by atoms with Crippen molar-refractivity contribution < 1.29 is 9.13 Å². The van der Waals surface area contributed by atoms with Crippen LogP contribution in [-0.2, 0) is 17.7 Å². The molecule has 0 saturated carbocycles. The number of nitrogens with zero attached hydrogens (tertiary/aromatic N) is 2. The first-order valence-corrected chi connectivity index (χ1v) is 7.57. The van der Waals surface area contributed by atoms with Crippen molar-refractivity contribution in [3.63, 3.8) is 0 Å². The third-order valence-electron chi connectivity index (χ3n) is 3.40. The highest BCUT2D eigenvalue weighted by molar-refractivity contribution is 9.10. The molecule has 114 valence electrons. The maximum Gasteiger partial charge on any atom is 0.126 e. The molecule has 6 heteroatoms. The standard InChI is InChI=1S/C15H19BrFN3O/c1-18-14(9-11-5-3-4-6-13(11)17)15-12(16)10-19-20(15)7-8-21-2/h3-6,10,14,18H,7-9H2,1-2H3. The van der Waals surface area contributed by atoms with Gasteiger partial charge in [-0.05, 0) is 41.0 Å². The van der Waals surface area contributed by atoms with Crippen molar-refractivity contribution in [1.29, 1.82) is 0 Å². The minimum Gasteiger partial charge on any atom is -0.383 e. The summed E-state index contributed by atoms with van der Waals surface area (Å²) >= 11 is 3.52. The Hall–Kier alpha value is -1.24. The SMILES string of the molecule is CNC(Cc1ccccc1F)c1c(Br)cnn1CCOC. The molecule has 0 saturated heterocycles. The van der Waals surface area contributed by atoms with Crippen LogP contribution < -0.4 is 5.32 Å². The van der Waals surface area contributed by atoms with Gasteiger partial charge in [-0.1, -0.05) is 18.2 Å². The van der Waals surface area contributed by atoms with E-state index >= 15 is 0 Å². The van der Waals surface area contributed by atoms with E-state index in [1.54, 1.807) is 19.4 Å². The van der Waals surface area contributed by atoms with Crippen LogP contribution in [0.4, 0.5) is 4.39 Å². The highest BCUT2D eigenvalue weighted by Gasteiger charge is 2.20. The number of likely N-dealkylation sites (N-methyl/N-ethyl adjacent to an activating group) is 1. The number of nitrogens with one attached hydrogen (secondary N) is 1. The van der Waals surface area contributed by atoms with Crippen LogP contribution >= 0.6 is 15.9 Å². The van der Waals surface area contributed by atoms with Gasteiger partial charge in [-0.3, -0.25) is 4.68 Å². The van der Waals surface area contributed by atoms with E-state index < -0.39 is 0 Å². The Morgan fingerprint density at radius 1 is 1.43 bits per heavy atom. The van der Waals surface area contributed by atoms with E-state index in [0.717, 1.165) is 10.2 Å². The van der Waals surface area contributed by atoms with Crippen molar-refractivity contribution in [3.05, 3.63) is 52.0 Å². The zero-order chi connectivity index (χ0) is 15.2. The molecule has 0 radical (unpaired) electrons. The van der Waals surface area contributed by atoms with E-state index in [1.807, 2.05) is 23.9 Å². The fourth-order valence-electron chi connectivity index (χ4n) is 2.29. The van der Waals surface area contributed by atoms with Crippen LogP contribution in [0.5, 0.6) is 0 Å². The van der Waals surface area contributed by atoms with Gasteiger partial charge in [0.1, 0.15) is 5.82 Å². The molecule has 0 aliphatic rings. The third kappa shape index (κ3) is 3.90. The zero-order valence-corrected chi connectivity index (χ0v) is 13.7. The van der Waals surface area contributed by atoms with Gasteiger partial charge in [0.05, 0.1) is 35.6 Å². The molecule has 1 N–H and O–H groups in total. The van der Waals surface area contributed by atoms with Crippen LogP contribution in [0.3, 0.4) is 0 Å². The predicted molar refractivity (Wildman–Crippen MR) is 83.7 cm³/mol. The van der Waals surface area contributed by atoms with E-state index in [0.29, 0.717) is 25.1 Å². The highest BCUT2D eigenvalue weighted by atomic mass is 79.9. The van der Waals surface area contributed by atoms with Crippen molar-refractivity contribution in [2.75, 3.05) is 20.8 Å². The first kappa shape index (κ1) is 16.1. The van der Waals surface area contributed by atoms with Crippen LogP contribution in [0.1, 0.15) is 17.3 Å². The molecule has 0 aliphatic carbocycles. The highest BCUT2D eigenvalue weighted by Crippen LogP contribution is 2.26. The quantitative estimate of drug-likeness (QED) is 0.829. The second-order valence-corrected chi connectivity index (χ2v) is 5.58. The largest absolute Gasteiger partial charge is 0.383 e. The molecule has 2 aromatic rings. The number of aromatic nitrogens is 2. The summed E-state index contributed by atoms with van der Waals surface area (Å²) in [5, 5.41) is 7.58. The summed E-state index contributed by atoms with van der Waals surface area (Å²) < 4.78 is 21.7. The molecule has 1 unspecified atom stereocenters. The molecular formula is C15H19BrFN3O. The van der Waals surface area contributed by atoms with E-state index in [2.05, 4.69) is 26.3 Å². The summed E-state index contributed by atoms with van der Waals surface area (Å²) in [5.41, 5.74) is 1.68. The first-order chi connectivity index (χ1) is 10.2. The van der Waals surface area contributed by atoms with Gasteiger partial charge in [0.15, 0.2) is 0 Å². The van der Waals surface area contributed by atoms with Crippen LogP contribution in [0.15, 0.2) is 34.9 Å². The number of hydrogen-bond donors (Lipinski definition) is 1. The fourth-order valence-corrected chi connectivity index (χ4v) is 2.87. The maximum atomic E-state index is 13.8. The summed E-state index contributed by atoms with van der Waals surface area (Å²) in [5.74, 6) is -0.183. The van der Waals surface area contributed by atoms with Crippen molar-refractivity contribution in [3.8, 4) is 0 Å². The van der Waals surface area contributed by atoms with Gasteiger partial charge < -0.3 is 10.1 Å². The molecule has 0 spiro atoms. The zero-order valence-electron chi connectivity index (χ0n) is 12.1. The molecule has 2 rings (SSSR count). The minimum atomic E-state index is -0.183. The second kappa shape index (κ2) is 7.68. The molecule has 4 nitrogen and oxygen atoms in total. The number of ether oxygens (including phenoxy) is 1. The Morgan fingerprint density at radius 2 is 2.19 bits per heavy atom. The Balaban J connectivity index is 2.25. The molecule has 1 aromatic heterocycles. The van der Waals surface area contributed by atoms with Crippen LogP contribution in [0, 0.1) is 5.82 Å².